The van der Waals surface area contributed by atoms with Gasteiger partial charge in [0.2, 0.25) is 5.95 Å². The number of benzene rings is 2. The normalized spacial score (nSPS) is 10.3. The number of methoxy groups -OCH3 is 1. The van der Waals surface area contributed by atoms with Crippen molar-refractivity contribution in [3.63, 3.8) is 0 Å². The number of carbonyl (C=O) groups is 1. The van der Waals surface area contributed by atoms with E-state index < -0.39 is 0 Å². The van der Waals surface area contributed by atoms with Gasteiger partial charge in [0.15, 0.2) is 0 Å². The van der Waals surface area contributed by atoms with Crippen LogP contribution in [-0.2, 0) is 13.1 Å². The highest BCUT2D eigenvalue weighted by molar-refractivity contribution is 5.93. The van der Waals surface area contributed by atoms with Crippen molar-refractivity contribution in [2.24, 2.45) is 0 Å². The molecule has 2 aromatic carbocycles. The van der Waals surface area contributed by atoms with E-state index in [9.17, 15) is 4.79 Å². The standard InChI is InChI=1S/C21H22N4O2/c1-25(15-17-6-4-3-5-7-17)21-23-13-18(14-24-21)20(26)22-12-16-8-10-19(27-2)11-9-16/h3-11,13-14H,12,15H2,1-2H3,(H,22,26). The van der Waals surface area contributed by atoms with E-state index in [-0.39, 0.29) is 5.91 Å². The minimum Gasteiger partial charge on any atom is -0.497 e. The number of nitrogens with zero attached hydrogens (tertiary/aromatic N) is 3. The van der Waals surface area contributed by atoms with Gasteiger partial charge in [0.05, 0.1) is 12.7 Å². The third-order valence-electron chi connectivity index (χ3n) is 4.12. The molecular formula is C21H22N4O2. The van der Waals surface area contributed by atoms with Crippen LogP contribution in [0.1, 0.15) is 21.5 Å². The Labute approximate surface area is 158 Å². The molecule has 0 saturated carbocycles. The van der Waals surface area contributed by atoms with Crippen LogP contribution >= 0.6 is 0 Å². The molecule has 0 bridgehead atoms. The molecule has 1 heterocycles. The molecule has 3 rings (SSSR count). The summed E-state index contributed by atoms with van der Waals surface area (Å²) in [5.41, 5.74) is 2.59. The summed E-state index contributed by atoms with van der Waals surface area (Å²) in [5.74, 6) is 1.15. The van der Waals surface area contributed by atoms with Gasteiger partial charge in [0, 0.05) is 32.5 Å². The van der Waals surface area contributed by atoms with Crippen molar-refractivity contribution in [2.45, 2.75) is 13.1 Å². The Bertz CT molecular complexity index is 865. The molecule has 0 radical (unpaired) electrons. The molecule has 0 aliphatic rings. The molecule has 0 aliphatic heterocycles. The third kappa shape index (κ3) is 5.04. The van der Waals surface area contributed by atoms with E-state index in [2.05, 4.69) is 27.4 Å². The summed E-state index contributed by atoms with van der Waals surface area (Å²) in [6.45, 7) is 1.13. The molecule has 0 unspecified atom stereocenters. The monoisotopic (exact) mass is 362 g/mol. The average molecular weight is 362 g/mol. The first kappa shape index (κ1) is 18.4. The number of hydrogen-bond donors (Lipinski definition) is 1. The van der Waals surface area contributed by atoms with Gasteiger partial charge in [-0.1, -0.05) is 42.5 Å². The van der Waals surface area contributed by atoms with Crippen LogP contribution in [-0.4, -0.2) is 30.0 Å². The summed E-state index contributed by atoms with van der Waals surface area (Å²) in [6.07, 6.45) is 3.10. The molecule has 0 atom stereocenters. The molecule has 27 heavy (non-hydrogen) atoms. The lowest BCUT2D eigenvalue weighted by molar-refractivity contribution is 0.0950. The quantitative estimate of drug-likeness (QED) is 0.700. The Morgan fingerprint density at radius 1 is 1.00 bits per heavy atom. The lowest BCUT2D eigenvalue weighted by Crippen LogP contribution is -2.24. The molecule has 0 aliphatic carbocycles. The Balaban J connectivity index is 1.56. The Morgan fingerprint density at radius 3 is 2.30 bits per heavy atom. The number of hydrogen-bond acceptors (Lipinski definition) is 5. The predicted octanol–water partition coefficient (Wildman–Crippen LogP) is 3.05. The highest BCUT2D eigenvalue weighted by Gasteiger charge is 2.09. The Morgan fingerprint density at radius 2 is 1.67 bits per heavy atom. The number of aromatic nitrogens is 2. The van der Waals surface area contributed by atoms with E-state index in [0.29, 0.717) is 24.6 Å². The van der Waals surface area contributed by atoms with E-state index in [1.807, 2.05) is 54.4 Å². The van der Waals surface area contributed by atoms with Gasteiger partial charge >= 0.3 is 0 Å². The van der Waals surface area contributed by atoms with Crippen LogP contribution < -0.4 is 15.0 Å². The first-order valence-corrected chi connectivity index (χ1v) is 8.64. The van der Waals surface area contributed by atoms with Crippen molar-refractivity contribution in [1.82, 2.24) is 15.3 Å². The average Bonchev–Trinajstić information content (AvgIpc) is 2.73. The topological polar surface area (TPSA) is 67.3 Å². The molecular weight excluding hydrogens is 340 g/mol. The number of ether oxygens (including phenoxy) is 1. The second-order valence-electron chi connectivity index (χ2n) is 6.14. The highest BCUT2D eigenvalue weighted by Crippen LogP contribution is 2.12. The Hall–Kier alpha value is -3.41. The third-order valence-corrected chi connectivity index (χ3v) is 4.12. The van der Waals surface area contributed by atoms with Crippen LogP contribution in [0.2, 0.25) is 0 Å². The first-order valence-electron chi connectivity index (χ1n) is 8.64. The maximum atomic E-state index is 12.3. The molecule has 138 valence electrons. The second kappa shape index (κ2) is 8.80. The van der Waals surface area contributed by atoms with E-state index in [0.717, 1.165) is 11.3 Å². The van der Waals surface area contributed by atoms with Crippen molar-refractivity contribution in [2.75, 3.05) is 19.1 Å². The highest BCUT2D eigenvalue weighted by atomic mass is 16.5. The van der Waals surface area contributed by atoms with E-state index >= 15 is 0 Å². The number of nitrogens with one attached hydrogen (secondary N) is 1. The van der Waals surface area contributed by atoms with Crippen molar-refractivity contribution >= 4 is 11.9 Å². The lowest BCUT2D eigenvalue weighted by Gasteiger charge is -2.17. The molecule has 0 spiro atoms. The van der Waals surface area contributed by atoms with Crippen LogP contribution in [0.15, 0.2) is 67.0 Å². The summed E-state index contributed by atoms with van der Waals surface area (Å²) in [4.78, 5) is 22.8. The largest absolute Gasteiger partial charge is 0.497 e. The smallest absolute Gasteiger partial charge is 0.254 e. The molecule has 1 amide bonds. The van der Waals surface area contributed by atoms with Crippen LogP contribution in [0.3, 0.4) is 0 Å². The van der Waals surface area contributed by atoms with E-state index in [1.54, 1.807) is 19.5 Å². The van der Waals surface area contributed by atoms with Gasteiger partial charge in [-0.05, 0) is 23.3 Å². The van der Waals surface area contributed by atoms with Gasteiger partial charge in [0.1, 0.15) is 5.75 Å². The fourth-order valence-corrected chi connectivity index (χ4v) is 2.59. The minimum absolute atomic E-state index is 0.205. The Kier molecular flexibility index (Phi) is 5.99. The number of anilines is 1. The molecule has 1 N–H and O–H groups in total. The number of amides is 1. The van der Waals surface area contributed by atoms with Crippen LogP contribution in [0.25, 0.3) is 0 Å². The molecule has 6 nitrogen and oxygen atoms in total. The van der Waals surface area contributed by atoms with Gasteiger partial charge in [0.25, 0.3) is 5.91 Å². The molecule has 3 aromatic rings. The molecule has 1 aromatic heterocycles. The van der Waals surface area contributed by atoms with E-state index in [4.69, 9.17) is 4.74 Å². The zero-order valence-corrected chi connectivity index (χ0v) is 15.4. The van der Waals surface area contributed by atoms with Gasteiger partial charge < -0.3 is 15.0 Å². The van der Waals surface area contributed by atoms with Crippen molar-refractivity contribution in [3.05, 3.63) is 83.7 Å². The summed E-state index contributed by atoms with van der Waals surface area (Å²) in [6, 6.07) is 17.6. The summed E-state index contributed by atoms with van der Waals surface area (Å²) in [5, 5.41) is 2.87. The zero-order valence-electron chi connectivity index (χ0n) is 15.4. The fraction of sp³-hybridized carbons (Fsp3) is 0.190. The minimum atomic E-state index is -0.205. The van der Waals surface area contributed by atoms with Gasteiger partial charge in [-0.3, -0.25) is 4.79 Å². The van der Waals surface area contributed by atoms with Crippen molar-refractivity contribution < 1.29 is 9.53 Å². The van der Waals surface area contributed by atoms with Crippen LogP contribution in [0.5, 0.6) is 5.75 Å². The first-order chi connectivity index (χ1) is 13.2. The van der Waals surface area contributed by atoms with Gasteiger partial charge in [-0.15, -0.1) is 0 Å². The fourth-order valence-electron chi connectivity index (χ4n) is 2.59. The SMILES string of the molecule is COc1ccc(CNC(=O)c2cnc(N(C)Cc3ccccc3)nc2)cc1. The van der Waals surface area contributed by atoms with Crippen molar-refractivity contribution in [3.8, 4) is 5.75 Å². The maximum absolute atomic E-state index is 12.3. The van der Waals surface area contributed by atoms with Crippen LogP contribution in [0, 0.1) is 0 Å². The van der Waals surface area contributed by atoms with Crippen LogP contribution in [0.4, 0.5) is 5.95 Å². The maximum Gasteiger partial charge on any atom is 0.254 e. The summed E-state index contributed by atoms with van der Waals surface area (Å²) in [7, 11) is 3.55. The number of rotatable bonds is 7. The summed E-state index contributed by atoms with van der Waals surface area (Å²) < 4.78 is 5.12. The number of carbonyl (C=O) groups excluding carboxylic acids is 1. The summed E-state index contributed by atoms with van der Waals surface area (Å²) >= 11 is 0. The lowest BCUT2D eigenvalue weighted by atomic mass is 10.2. The predicted molar refractivity (Wildman–Crippen MR) is 105 cm³/mol. The second-order valence-corrected chi connectivity index (χ2v) is 6.14. The van der Waals surface area contributed by atoms with Crippen molar-refractivity contribution in [1.29, 1.82) is 0 Å². The zero-order chi connectivity index (χ0) is 19.1. The molecule has 6 heteroatoms. The molecule has 0 fully saturated rings. The van der Waals surface area contributed by atoms with Gasteiger partial charge in [-0.25, -0.2) is 9.97 Å². The molecule has 0 saturated heterocycles. The van der Waals surface area contributed by atoms with Gasteiger partial charge in [-0.2, -0.15) is 0 Å². The van der Waals surface area contributed by atoms with E-state index in [1.165, 1.54) is 5.56 Å².